The number of urea groups is 1. The third kappa shape index (κ3) is 5.67. The summed E-state index contributed by atoms with van der Waals surface area (Å²) >= 11 is 0. The maximum absolute atomic E-state index is 12.2. The second-order valence-electron chi connectivity index (χ2n) is 5.74. The quantitative estimate of drug-likeness (QED) is 0.532. The molecule has 1 unspecified atom stereocenters. The van der Waals surface area contributed by atoms with Crippen molar-refractivity contribution in [2.75, 3.05) is 10.6 Å². The molecule has 0 aliphatic heterocycles. The Labute approximate surface area is 155 Å². The van der Waals surface area contributed by atoms with Gasteiger partial charge < -0.3 is 21.1 Å². The highest BCUT2D eigenvalue weighted by atomic mass is 16.5. The fourth-order valence-corrected chi connectivity index (χ4v) is 2.15. The van der Waals surface area contributed by atoms with Crippen molar-refractivity contribution in [1.82, 2.24) is 0 Å². The third-order valence-electron chi connectivity index (χ3n) is 3.60. The first-order valence-electron chi connectivity index (χ1n) is 8.05. The van der Waals surface area contributed by atoms with Crippen LogP contribution in [0.15, 0.2) is 48.5 Å². The zero-order valence-electron chi connectivity index (χ0n) is 14.8. The first-order chi connectivity index (χ1) is 12.8. The maximum Gasteiger partial charge on any atom is 0.338 e. The molecule has 8 nitrogen and oxygen atoms in total. The first kappa shape index (κ1) is 19.6. The minimum absolute atomic E-state index is 0.0766. The maximum atomic E-state index is 12.2. The number of ether oxygens (including phenoxy) is 1. The van der Waals surface area contributed by atoms with E-state index >= 15 is 0 Å². The SMILES string of the molecule is CC(=O)c1ccc(NC(=O)C(C)OC(=O)c2ccc(NC(N)=O)cc2)cc1. The van der Waals surface area contributed by atoms with Crippen molar-refractivity contribution in [3.8, 4) is 0 Å². The second-order valence-corrected chi connectivity index (χ2v) is 5.74. The third-order valence-corrected chi connectivity index (χ3v) is 3.60. The van der Waals surface area contributed by atoms with Gasteiger partial charge in [0.1, 0.15) is 0 Å². The zero-order chi connectivity index (χ0) is 20.0. The molecule has 0 bridgehead atoms. The molecule has 0 aromatic heterocycles. The van der Waals surface area contributed by atoms with Crippen LogP contribution in [0.4, 0.5) is 16.2 Å². The van der Waals surface area contributed by atoms with Crippen molar-refractivity contribution in [2.45, 2.75) is 20.0 Å². The minimum atomic E-state index is -1.03. The molecule has 2 aromatic rings. The molecule has 0 heterocycles. The molecule has 140 valence electrons. The topological polar surface area (TPSA) is 128 Å². The predicted molar refractivity (Wildman–Crippen MR) is 99.6 cm³/mol. The van der Waals surface area contributed by atoms with Gasteiger partial charge in [-0.05, 0) is 62.4 Å². The highest BCUT2D eigenvalue weighted by Crippen LogP contribution is 2.13. The van der Waals surface area contributed by atoms with Crippen molar-refractivity contribution in [2.24, 2.45) is 5.73 Å². The first-order valence-corrected chi connectivity index (χ1v) is 8.05. The molecule has 2 rings (SSSR count). The van der Waals surface area contributed by atoms with E-state index in [9.17, 15) is 19.2 Å². The summed E-state index contributed by atoms with van der Waals surface area (Å²) in [6.07, 6.45) is -1.03. The normalized spacial score (nSPS) is 11.2. The molecular weight excluding hydrogens is 350 g/mol. The van der Waals surface area contributed by atoms with Gasteiger partial charge in [0.05, 0.1) is 5.56 Å². The number of nitrogens with two attached hydrogens (primary N) is 1. The summed E-state index contributed by atoms with van der Waals surface area (Å²) in [6.45, 7) is 2.89. The van der Waals surface area contributed by atoms with E-state index in [1.807, 2.05) is 0 Å². The number of rotatable bonds is 6. The molecule has 0 fully saturated rings. The fourth-order valence-electron chi connectivity index (χ4n) is 2.15. The van der Waals surface area contributed by atoms with Gasteiger partial charge in [-0.15, -0.1) is 0 Å². The van der Waals surface area contributed by atoms with Gasteiger partial charge in [-0.3, -0.25) is 9.59 Å². The molecule has 27 heavy (non-hydrogen) atoms. The monoisotopic (exact) mass is 369 g/mol. The van der Waals surface area contributed by atoms with Gasteiger partial charge in [0.25, 0.3) is 5.91 Å². The van der Waals surface area contributed by atoms with E-state index in [1.165, 1.54) is 38.1 Å². The van der Waals surface area contributed by atoms with Crippen molar-refractivity contribution >= 4 is 35.1 Å². The van der Waals surface area contributed by atoms with Crippen molar-refractivity contribution < 1.29 is 23.9 Å². The van der Waals surface area contributed by atoms with Crippen molar-refractivity contribution in [3.63, 3.8) is 0 Å². The Bertz CT molecular complexity index is 860. The molecule has 0 radical (unpaired) electrons. The standard InChI is InChI=1S/C19H19N3O5/c1-11(23)13-3-7-15(8-4-13)21-17(24)12(2)27-18(25)14-5-9-16(10-6-14)22-19(20)26/h3-10,12H,1-2H3,(H,21,24)(H3,20,22,26). The van der Waals surface area contributed by atoms with Gasteiger partial charge in [0, 0.05) is 16.9 Å². The number of ketones is 1. The lowest BCUT2D eigenvalue weighted by atomic mass is 10.1. The Hall–Kier alpha value is -3.68. The fraction of sp³-hybridized carbons (Fsp3) is 0.158. The van der Waals surface area contributed by atoms with Crippen LogP contribution in [0.3, 0.4) is 0 Å². The van der Waals surface area contributed by atoms with E-state index in [1.54, 1.807) is 24.3 Å². The van der Waals surface area contributed by atoms with E-state index in [0.717, 1.165) is 0 Å². The van der Waals surface area contributed by atoms with E-state index in [2.05, 4.69) is 10.6 Å². The number of amides is 3. The van der Waals surface area contributed by atoms with Crippen LogP contribution in [0.1, 0.15) is 34.6 Å². The number of hydrogen-bond donors (Lipinski definition) is 3. The lowest BCUT2D eigenvalue weighted by Gasteiger charge is -2.14. The van der Waals surface area contributed by atoms with Gasteiger partial charge in [-0.25, -0.2) is 9.59 Å². The van der Waals surface area contributed by atoms with Crippen LogP contribution in [0.5, 0.6) is 0 Å². The summed E-state index contributed by atoms with van der Waals surface area (Å²) in [5.74, 6) is -1.27. The molecule has 0 aliphatic carbocycles. The van der Waals surface area contributed by atoms with Gasteiger partial charge >= 0.3 is 12.0 Å². The molecule has 0 spiro atoms. The molecule has 8 heteroatoms. The molecule has 1 atom stereocenters. The van der Waals surface area contributed by atoms with E-state index in [4.69, 9.17) is 10.5 Å². The lowest BCUT2D eigenvalue weighted by Crippen LogP contribution is -2.30. The van der Waals surface area contributed by atoms with Gasteiger partial charge in [0.2, 0.25) is 0 Å². The van der Waals surface area contributed by atoms with Crippen LogP contribution in [0, 0.1) is 0 Å². The molecule has 0 saturated heterocycles. The minimum Gasteiger partial charge on any atom is -0.449 e. The van der Waals surface area contributed by atoms with Gasteiger partial charge in [-0.1, -0.05) is 0 Å². The number of esters is 1. The largest absolute Gasteiger partial charge is 0.449 e. The number of carbonyl (C=O) groups excluding carboxylic acids is 4. The highest BCUT2D eigenvalue weighted by Gasteiger charge is 2.19. The molecular formula is C19H19N3O5. The Morgan fingerprint density at radius 3 is 1.81 bits per heavy atom. The van der Waals surface area contributed by atoms with E-state index in [-0.39, 0.29) is 11.3 Å². The zero-order valence-corrected chi connectivity index (χ0v) is 14.8. The molecule has 3 amide bonds. The summed E-state index contributed by atoms with van der Waals surface area (Å²) in [5, 5.41) is 4.98. The van der Waals surface area contributed by atoms with Gasteiger partial charge in [0.15, 0.2) is 11.9 Å². The van der Waals surface area contributed by atoms with Crippen molar-refractivity contribution in [1.29, 1.82) is 0 Å². The Kier molecular flexibility index (Phi) is 6.27. The van der Waals surface area contributed by atoms with Gasteiger partial charge in [-0.2, -0.15) is 0 Å². The number of carbonyl (C=O) groups is 4. The van der Waals surface area contributed by atoms with Crippen LogP contribution in [-0.4, -0.2) is 29.8 Å². The van der Waals surface area contributed by atoms with Crippen LogP contribution >= 0.6 is 0 Å². The average Bonchev–Trinajstić information content (AvgIpc) is 2.62. The van der Waals surface area contributed by atoms with Crippen LogP contribution in [0.2, 0.25) is 0 Å². The van der Waals surface area contributed by atoms with E-state index in [0.29, 0.717) is 16.9 Å². The summed E-state index contributed by atoms with van der Waals surface area (Å²) in [4.78, 5) is 46.3. The molecule has 0 saturated carbocycles. The van der Waals surface area contributed by atoms with Crippen LogP contribution < -0.4 is 16.4 Å². The number of nitrogens with one attached hydrogen (secondary N) is 2. The predicted octanol–water partition coefficient (Wildman–Crippen LogP) is 2.56. The molecule has 4 N–H and O–H groups in total. The van der Waals surface area contributed by atoms with E-state index < -0.39 is 24.0 Å². The average molecular weight is 369 g/mol. The highest BCUT2D eigenvalue weighted by molar-refractivity contribution is 5.98. The number of hydrogen-bond acceptors (Lipinski definition) is 5. The summed E-state index contributed by atoms with van der Waals surface area (Å²) in [7, 11) is 0. The molecule has 0 aliphatic rings. The summed E-state index contributed by atoms with van der Waals surface area (Å²) in [6, 6.07) is 11.5. The number of Topliss-reactive ketones (excluding diaryl/α,β-unsaturated/α-hetero) is 1. The number of primary amides is 1. The van der Waals surface area contributed by atoms with Crippen LogP contribution in [-0.2, 0) is 9.53 Å². The summed E-state index contributed by atoms with van der Waals surface area (Å²) < 4.78 is 5.14. The Morgan fingerprint density at radius 1 is 0.852 bits per heavy atom. The lowest BCUT2D eigenvalue weighted by molar-refractivity contribution is -0.123. The Balaban J connectivity index is 1.93. The van der Waals surface area contributed by atoms with Crippen LogP contribution in [0.25, 0.3) is 0 Å². The van der Waals surface area contributed by atoms with Crippen molar-refractivity contribution in [3.05, 3.63) is 59.7 Å². The molecule has 2 aromatic carbocycles. The Morgan fingerprint density at radius 2 is 1.33 bits per heavy atom. The smallest absolute Gasteiger partial charge is 0.338 e. The number of anilines is 2. The number of benzene rings is 2. The second kappa shape index (κ2) is 8.61. The summed E-state index contributed by atoms with van der Waals surface area (Å²) in [5.41, 5.74) is 6.66.